The third-order valence-electron chi connectivity index (χ3n) is 4.09. The first-order valence-corrected chi connectivity index (χ1v) is 8.89. The summed E-state index contributed by atoms with van der Waals surface area (Å²) in [6.07, 6.45) is 0. The van der Waals surface area contributed by atoms with Gasteiger partial charge in [0.2, 0.25) is 0 Å². The van der Waals surface area contributed by atoms with Crippen LogP contribution in [0.3, 0.4) is 0 Å². The summed E-state index contributed by atoms with van der Waals surface area (Å²) in [7, 11) is 0. The number of carbonyl (C=O) groups is 1. The molecule has 4 rings (SSSR count). The molecule has 7 nitrogen and oxygen atoms in total. The maximum atomic E-state index is 12.5. The zero-order valence-electron chi connectivity index (χ0n) is 14.1. The number of carbonyl (C=O) groups excluding carboxylic acids is 1. The van der Waals surface area contributed by atoms with E-state index in [0.29, 0.717) is 26.9 Å². The van der Waals surface area contributed by atoms with Crippen LogP contribution in [-0.2, 0) is 0 Å². The van der Waals surface area contributed by atoms with Gasteiger partial charge in [-0.05, 0) is 30.3 Å². The Morgan fingerprint density at radius 1 is 0.964 bits per heavy atom. The minimum Gasteiger partial charge on any atom is -0.338 e. The molecule has 0 spiro atoms. The molecule has 0 aliphatic heterocycles. The van der Waals surface area contributed by atoms with Crippen LogP contribution in [0.2, 0.25) is 10.0 Å². The summed E-state index contributed by atoms with van der Waals surface area (Å²) in [5.41, 5.74) is 0.279. The first-order valence-electron chi connectivity index (χ1n) is 8.13. The molecule has 1 amide bonds. The third kappa shape index (κ3) is 3.33. The molecule has 0 bridgehead atoms. The lowest BCUT2D eigenvalue weighted by Crippen LogP contribution is -2.17. The molecule has 0 unspecified atom stereocenters. The number of rotatable bonds is 3. The molecule has 2 aromatic heterocycles. The van der Waals surface area contributed by atoms with Crippen molar-refractivity contribution in [3.63, 3.8) is 0 Å². The molecule has 0 atom stereocenters. The van der Waals surface area contributed by atoms with Crippen LogP contribution >= 0.6 is 23.2 Å². The zero-order valence-corrected chi connectivity index (χ0v) is 15.6. The molecule has 140 valence electrons. The molecule has 0 aliphatic carbocycles. The summed E-state index contributed by atoms with van der Waals surface area (Å²) in [4.78, 5) is 40.2. The average molecular weight is 415 g/mol. The van der Waals surface area contributed by atoms with Gasteiger partial charge in [0, 0.05) is 27.2 Å². The largest absolute Gasteiger partial charge is 0.338 e. The molecular formula is C19H12Cl2N4O3. The topological polar surface area (TPSA) is 99.2 Å². The third-order valence-corrected chi connectivity index (χ3v) is 4.53. The molecule has 0 aliphatic rings. The zero-order chi connectivity index (χ0) is 19.8. The molecule has 2 aromatic carbocycles. The summed E-state index contributed by atoms with van der Waals surface area (Å²) in [5, 5.41) is 5.75. The Morgan fingerprint density at radius 2 is 1.64 bits per heavy atom. The molecule has 9 heteroatoms. The van der Waals surface area contributed by atoms with Crippen LogP contribution in [-0.4, -0.2) is 20.5 Å². The van der Waals surface area contributed by atoms with Crippen molar-refractivity contribution in [1.29, 1.82) is 0 Å². The Balaban J connectivity index is 1.85. The van der Waals surface area contributed by atoms with E-state index in [1.165, 1.54) is 6.07 Å². The SMILES string of the molecule is O=C(Nc1c(=O)[nH]n2c(=O)cc(-c3cc(Cl)cc(Cl)c3)[nH]c12)c1ccccc1. The van der Waals surface area contributed by atoms with Crippen LogP contribution in [0, 0.1) is 0 Å². The van der Waals surface area contributed by atoms with Gasteiger partial charge in [-0.3, -0.25) is 19.5 Å². The molecule has 0 saturated heterocycles. The molecule has 0 radical (unpaired) electrons. The highest BCUT2D eigenvalue weighted by molar-refractivity contribution is 6.35. The number of anilines is 1. The second-order valence-electron chi connectivity index (χ2n) is 6.00. The molecular weight excluding hydrogens is 403 g/mol. The van der Waals surface area contributed by atoms with Gasteiger partial charge in [-0.1, -0.05) is 41.4 Å². The van der Waals surface area contributed by atoms with E-state index in [1.54, 1.807) is 48.5 Å². The highest BCUT2D eigenvalue weighted by Gasteiger charge is 2.17. The number of aromatic amines is 2. The molecule has 28 heavy (non-hydrogen) atoms. The first kappa shape index (κ1) is 18.1. The van der Waals surface area contributed by atoms with E-state index in [-0.39, 0.29) is 11.3 Å². The minimum absolute atomic E-state index is 0.0686. The predicted molar refractivity (Wildman–Crippen MR) is 108 cm³/mol. The van der Waals surface area contributed by atoms with Gasteiger partial charge < -0.3 is 10.3 Å². The lowest BCUT2D eigenvalue weighted by Gasteiger charge is -2.07. The molecule has 4 aromatic rings. The second kappa shape index (κ2) is 7.03. The average Bonchev–Trinajstić information content (AvgIpc) is 2.98. The molecule has 3 N–H and O–H groups in total. The minimum atomic E-state index is -0.612. The normalized spacial score (nSPS) is 10.9. The highest BCUT2D eigenvalue weighted by Crippen LogP contribution is 2.26. The lowest BCUT2D eigenvalue weighted by molar-refractivity contribution is 0.102. The van der Waals surface area contributed by atoms with Gasteiger partial charge in [0.05, 0.1) is 5.69 Å². The van der Waals surface area contributed by atoms with Crippen LogP contribution in [0.25, 0.3) is 16.9 Å². The number of nitrogens with zero attached hydrogens (tertiary/aromatic N) is 1. The fourth-order valence-corrected chi connectivity index (χ4v) is 3.35. The quantitative estimate of drug-likeness (QED) is 0.477. The van der Waals surface area contributed by atoms with Crippen LogP contribution in [0.5, 0.6) is 0 Å². The molecule has 2 heterocycles. The lowest BCUT2D eigenvalue weighted by atomic mass is 10.1. The van der Waals surface area contributed by atoms with Gasteiger partial charge in [0.1, 0.15) is 0 Å². The van der Waals surface area contributed by atoms with E-state index in [4.69, 9.17) is 23.2 Å². The number of hydrogen-bond donors (Lipinski definition) is 3. The van der Waals surface area contributed by atoms with E-state index in [1.807, 2.05) is 0 Å². The monoisotopic (exact) mass is 414 g/mol. The Hall–Kier alpha value is -3.29. The van der Waals surface area contributed by atoms with Crippen LogP contribution in [0.1, 0.15) is 10.4 Å². The summed E-state index contributed by atoms with van der Waals surface area (Å²) in [5.74, 6) is -0.476. The van der Waals surface area contributed by atoms with Crippen molar-refractivity contribution >= 4 is 40.4 Å². The van der Waals surface area contributed by atoms with Gasteiger partial charge >= 0.3 is 0 Å². The fourth-order valence-electron chi connectivity index (χ4n) is 2.82. The highest BCUT2D eigenvalue weighted by atomic mass is 35.5. The van der Waals surface area contributed by atoms with Crippen molar-refractivity contribution in [3.05, 3.63) is 90.9 Å². The van der Waals surface area contributed by atoms with Gasteiger partial charge in [-0.15, -0.1) is 0 Å². The number of nitrogens with one attached hydrogen (secondary N) is 3. The van der Waals surface area contributed by atoms with Crippen molar-refractivity contribution in [1.82, 2.24) is 14.6 Å². The van der Waals surface area contributed by atoms with E-state index in [2.05, 4.69) is 15.4 Å². The van der Waals surface area contributed by atoms with Crippen LogP contribution in [0.15, 0.2) is 64.2 Å². The summed E-state index contributed by atoms with van der Waals surface area (Å²) >= 11 is 12.1. The van der Waals surface area contributed by atoms with E-state index in [9.17, 15) is 14.4 Å². The number of H-pyrrole nitrogens is 2. The van der Waals surface area contributed by atoms with Gasteiger partial charge in [0.25, 0.3) is 17.0 Å². The van der Waals surface area contributed by atoms with Gasteiger partial charge in [0.15, 0.2) is 11.3 Å². The molecule has 0 saturated carbocycles. The van der Waals surface area contributed by atoms with Crippen LogP contribution in [0.4, 0.5) is 5.69 Å². The van der Waals surface area contributed by atoms with Gasteiger partial charge in [-0.2, -0.15) is 4.52 Å². The Bertz CT molecular complexity index is 1300. The number of amides is 1. The van der Waals surface area contributed by atoms with Crippen LogP contribution < -0.4 is 16.4 Å². The maximum absolute atomic E-state index is 12.5. The summed E-state index contributed by atoms with van der Waals surface area (Å²) in [6.45, 7) is 0. The van der Waals surface area contributed by atoms with Crippen molar-refractivity contribution < 1.29 is 4.79 Å². The number of hydrogen-bond acceptors (Lipinski definition) is 3. The summed E-state index contributed by atoms with van der Waals surface area (Å²) < 4.78 is 1.03. The van der Waals surface area contributed by atoms with Gasteiger partial charge in [-0.25, -0.2) is 0 Å². The van der Waals surface area contributed by atoms with Crippen molar-refractivity contribution in [2.45, 2.75) is 0 Å². The maximum Gasteiger partial charge on any atom is 0.290 e. The Morgan fingerprint density at radius 3 is 2.32 bits per heavy atom. The number of benzene rings is 2. The van der Waals surface area contributed by atoms with Crippen molar-refractivity contribution in [3.8, 4) is 11.3 Å². The smallest absolute Gasteiger partial charge is 0.290 e. The number of fused-ring (bicyclic) bond motifs is 1. The van der Waals surface area contributed by atoms with Crippen molar-refractivity contribution in [2.75, 3.05) is 5.32 Å². The number of aromatic nitrogens is 3. The fraction of sp³-hybridized carbons (Fsp3) is 0. The number of halogens is 2. The summed E-state index contributed by atoms with van der Waals surface area (Å²) in [6, 6.07) is 14.5. The Labute approximate surface area is 167 Å². The van der Waals surface area contributed by atoms with E-state index in [0.717, 1.165) is 4.52 Å². The molecule has 0 fully saturated rings. The second-order valence-corrected chi connectivity index (χ2v) is 6.87. The first-order chi connectivity index (χ1) is 13.4. The Kier molecular flexibility index (Phi) is 4.54. The predicted octanol–water partition coefficient (Wildman–Crippen LogP) is 3.54. The van der Waals surface area contributed by atoms with Crippen molar-refractivity contribution in [2.24, 2.45) is 0 Å². The van der Waals surface area contributed by atoms with E-state index < -0.39 is 17.0 Å². The van der Waals surface area contributed by atoms with E-state index >= 15 is 0 Å². The standard InChI is InChI=1S/C19H12Cl2N4O3/c20-12-6-11(7-13(21)8-12)14-9-15(26)25-17(22-14)16(19(28)24-25)23-18(27)10-4-2-1-3-5-10/h1-9,22H,(H,23,27)(H,24,28).